The van der Waals surface area contributed by atoms with Crippen molar-refractivity contribution in [1.82, 2.24) is 4.90 Å². The molecule has 3 aromatic carbocycles. The van der Waals surface area contributed by atoms with Gasteiger partial charge in [-0.1, -0.05) is 48.5 Å². The maximum atomic E-state index is 2.39. The fraction of sp³-hybridized carbons (Fsp3) is 0.364. The summed E-state index contributed by atoms with van der Waals surface area (Å²) in [5.74, 6) is 0.850. The van der Waals surface area contributed by atoms with Crippen LogP contribution in [0.15, 0.2) is 48.5 Å². The molecule has 1 aliphatic carbocycles. The highest BCUT2D eigenvalue weighted by atomic mass is 15.0. The molecule has 0 amide bonds. The largest absolute Gasteiger partial charge is 0.309 e. The van der Waals surface area contributed by atoms with E-state index in [4.69, 9.17) is 0 Å². The van der Waals surface area contributed by atoms with Gasteiger partial charge in [-0.05, 0) is 84.9 Å². The monoisotopic (exact) mass is 303 g/mol. The lowest BCUT2D eigenvalue weighted by Gasteiger charge is -2.27. The predicted molar refractivity (Wildman–Crippen MR) is 100 cm³/mol. The summed E-state index contributed by atoms with van der Waals surface area (Å²) in [5, 5.41) is 5.64. The molecule has 0 bridgehead atoms. The lowest BCUT2D eigenvalue weighted by Crippen LogP contribution is -2.21. The van der Waals surface area contributed by atoms with Gasteiger partial charge in [0.2, 0.25) is 0 Å². The molecule has 0 spiro atoms. The third-order valence-electron chi connectivity index (χ3n) is 5.43. The van der Waals surface area contributed by atoms with E-state index in [0.717, 1.165) is 5.92 Å². The first-order chi connectivity index (χ1) is 11.2. The maximum Gasteiger partial charge on any atom is -0.00221 e. The first kappa shape index (κ1) is 14.7. The second kappa shape index (κ2) is 5.98. The second-order valence-electron chi connectivity index (χ2n) is 7.29. The number of aryl methyl sites for hydroxylation is 1. The van der Waals surface area contributed by atoms with Crippen molar-refractivity contribution in [2.24, 2.45) is 5.92 Å². The molecule has 0 aromatic heterocycles. The molecule has 1 nitrogen and oxygen atoms in total. The minimum atomic E-state index is 0.850. The van der Waals surface area contributed by atoms with Gasteiger partial charge in [0.15, 0.2) is 0 Å². The molecule has 0 heterocycles. The van der Waals surface area contributed by atoms with Gasteiger partial charge in [0.25, 0.3) is 0 Å². The molecule has 1 aliphatic rings. The molecule has 0 N–H and O–H groups in total. The summed E-state index contributed by atoms with van der Waals surface area (Å²) in [4.78, 5) is 2.31. The molecular formula is C22H25N. The molecule has 0 radical (unpaired) electrons. The summed E-state index contributed by atoms with van der Waals surface area (Å²) >= 11 is 0. The van der Waals surface area contributed by atoms with E-state index in [1.807, 2.05) is 0 Å². The van der Waals surface area contributed by atoms with Gasteiger partial charge in [-0.2, -0.15) is 0 Å². The Bertz CT molecular complexity index is 847. The summed E-state index contributed by atoms with van der Waals surface area (Å²) in [6.45, 7) is 1.21. The molecule has 0 fully saturated rings. The summed E-state index contributed by atoms with van der Waals surface area (Å²) < 4.78 is 0. The van der Waals surface area contributed by atoms with Crippen LogP contribution < -0.4 is 0 Å². The van der Waals surface area contributed by atoms with Crippen LogP contribution in [0.5, 0.6) is 0 Å². The van der Waals surface area contributed by atoms with E-state index in [1.165, 1.54) is 53.8 Å². The molecule has 23 heavy (non-hydrogen) atoms. The molecule has 0 aliphatic heterocycles. The highest BCUT2D eigenvalue weighted by molar-refractivity contribution is 6.08. The van der Waals surface area contributed by atoms with Crippen molar-refractivity contribution in [2.75, 3.05) is 20.6 Å². The third kappa shape index (κ3) is 2.74. The van der Waals surface area contributed by atoms with Crippen LogP contribution >= 0.6 is 0 Å². The van der Waals surface area contributed by atoms with Crippen LogP contribution in [-0.2, 0) is 12.8 Å². The Balaban J connectivity index is 1.73. The summed E-state index contributed by atoms with van der Waals surface area (Å²) in [6.07, 6.45) is 5.16. The normalized spacial score (nSPS) is 17.8. The van der Waals surface area contributed by atoms with Gasteiger partial charge in [-0.15, -0.1) is 0 Å². The van der Waals surface area contributed by atoms with E-state index >= 15 is 0 Å². The van der Waals surface area contributed by atoms with Gasteiger partial charge in [-0.3, -0.25) is 0 Å². The molecule has 118 valence electrons. The van der Waals surface area contributed by atoms with Gasteiger partial charge in [0, 0.05) is 0 Å². The minimum Gasteiger partial charge on any atom is -0.309 e. The van der Waals surface area contributed by atoms with Crippen molar-refractivity contribution in [2.45, 2.75) is 25.7 Å². The molecule has 1 unspecified atom stereocenters. The number of rotatable bonds is 3. The Labute approximate surface area is 138 Å². The molecule has 0 saturated heterocycles. The molecule has 0 saturated carbocycles. The van der Waals surface area contributed by atoms with Gasteiger partial charge >= 0.3 is 0 Å². The van der Waals surface area contributed by atoms with E-state index < -0.39 is 0 Å². The number of hydrogen-bond acceptors (Lipinski definition) is 1. The van der Waals surface area contributed by atoms with Crippen molar-refractivity contribution in [3.8, 4) is 0 Å². The number of hydrogen-bond donors (Lipinski definition) is 0. The van der Waals surface area contributed by atoms with Crippen molar-refractivity contribution in [3.05, 3.63) is 59.7 Å². The number of nitrogens with zero attached hydrogens (tertiary/aromatic N) is 1. The zero-order valence-electron chi connectivity index (χ0n) is 14.2. The summed E-state index contributed by atoms with van der Waals surface area (Å²) in [5.41, 5.74) is 3.19. The lowest BCUT2D eigenvalue weighted by atomic mass is 9.80. The van der Waals surface area contributed by atoms with E-state index in [9.17, 15) is 0 Å². The van der Waals surface area contributed by atoms with Crippen LogP contribution in [-0.4, -0.2) is 25.5 Å². The van der Waals surface area contributed by atoms with Crippen LogP contribution in [0.2, 0.25) is 0 Å². The van der Waals surface area contributed by atoms with Crippen LogP contribution in [0.3, 0.4) is 0 Å². The van der Waals surface area contributed by atoms with Gasteiger partial charge in [0.1, 0.15) is 0 Å². The average Bonchev–Trinajstić information content (AvgIpc) is 2.59. The van der Waals surface area contributed by atoms with Crippen molar-refractivity contribution in [3.63, 3.8) is 0 Å². The standard InChI is InChI=1S/C22H25N/c1-23(2)14-13-16-7-10-20-18(15-16)9-12-21-19-6-4-3-5-17(19)8-11-22(20)21/h3-6,8-9,11-12,16H,7,10,13-15H2,1-2H3. The third-order valence-corrected chi connectivity index (χ3v) is 5.43. The van der Waals surface area contributed by atoms with Crippen LogP contribution in [0.4, 0.5) is 0 Å². The molecule has 1 heteroatoms. The van der Waals surface area contributed by atoms with Gasteiger partial charge in [0.05, 0.1) is 0 Å². The van der Waals surface area contributed by atoms with E-state index in [1.54, 1.807) is 11.1 Å². The van der Waals surface area contributed by atoms with E-state index in [0.29, 0.717) is 0 Å². The van der Waals surface area contributed by atoms with Gasteiger partial charge < -0.3 is 4.90 Å². The molecule has 4 rings (SSSR count). The number of benzene rings is 3. The SMILES string of the molecule is CN(C)CCC1CCc2c(ccc3c2ccc2ccccc23)C1. The second-order valence-corrected chi connectivity index (χ2v) is 7.29. The smallest absolute Gasteiger partial charge is 0.00221 e. The zero-order chi connectivity index (χ0) is 15.8. The van der Waals surface area contributed by atoms with E-state index in [2.05, 4.69) is 67.5 Å². The fourth-order valence-corrected chi connectivity index (χ4v) is 4.13. The Morgan fingerprint density at radius 2 is 1.74 bits per heavy atom. The van der Waals surface area contributed by atoms with Crippen molar-refractivity contribution < 1.29 is 0 Å². The molecule has 1 atom stereocenters. The highest BCUT2D eigenvalue weighted by Crippen LogP contribution is 2.35. The Hall–Kier alpha value is -1.86. The Kier molecular flexibility index (Phi) is 3.82. The molecular weight excluding hydrogens is 278 g/mol. The fourth-order valence-electron chi connectivity index (χ4n) is 4.13. The lowest BCUT2D eigenvalue weighted by molar-refractivity contribution is 0.331. The Morgan fingerprint density at radius 3 is 2.61 bits per heavy atom. The van der Waals surface area contributed by atoms with Crippen LogP contribution in [0.1, 0.15) is 24.0 Å². The van der Waals surface area contributed by atoms with Crippen LogP contribution in [0.25, 0.3) is 21.5 Å². The topological polar surface area (TPSA) is 3.24 Å². The summed E-state index contributed by atoms with van der Waals surface area (Å²) in [6, 6.07) is 18.1. The maximum absolute atomic E-state index is 2.39. The van der Waals surface area contributed by atoms with Crippen LogP contribution in [0, 0.1) is 5.92 Å². The van der Waals surface area contributed by atoms with Crippen molar-refractivity contribution >= 4 is 21.5 Å². The first-order valence-electron chi connectivity index (χ1n) is 8.79. The highest BCUT2D eigenvalue weighted by Gasteiger charge is 2.20. The zero-order valence-corrected chi connectivity index (χ0v) is 14.2. The number of fused-ring (bicyclic) bond motifs is 5. The summed E-state index contributed by atoms with van der Waals surface area (Å²) in [7, 11) is 4.35. The van der Waals surface area contributed by atoms with Gasteiger partial charge in [-0.25, -0.2) is 0 Å². The first-order valence-corrected chi connectivity index (χ1v) is 8.79. The predicted octanol–water partition coefficient (Wildman–Crippen LogP) is 5.05. The quantitative estimate of drug-likeness (QED) is 0.612. The minimum absolute atomic E-state index is 0.850. The molecule has 3 aromatic rings. The van der Waals surface area contributed by atoms with Crippen molar-refractivity contribution in [1.29, 1.82) is 0 Å². The van der Waals surface area contributed by atoms with E-state index in [-0.39, 0.29) is 0 Å². The average molecular weight is 303 g/mol. The Morgan fingerprint density at radius 1 is 0.913 bits per heavy atom.